The second kappa shape index (κ2) is 7.95. The van der Waals surface area contributed by atoms with Gasteiger partial charge in [-0.2, -0.15) is 0 Å². The molecule has 29 heavy (non-hydrogen) atoms. The van der Waals surface area contributed by atoms with Crippen molar-refractivity contribution in [3.63, 3.8) is 0 Å². The molecule has 3 rings (SSSR count). The first kappa shape index (κ1) is 21.0. The van der Waals surface area contributed by atoms with E-state index >= 15 is 0 Å². The third kappa shape index (κ3) is 3.65. The number of phenolic OH excluding ortho intramolecular Hbond substituents is 1. The zero-order valence-electron chi connectivity index (χ0n) is 16.9. The van der Waals surface area contributed by atoms with Gasteiger partial charge >= 0.3 is 5.97 Å². The van der Waals surface area contributed by atoms with Crippen LogP contribution < -0.4 is 0 Å². The van der Waals surface area contributed by atoms with Crippen LogP contribution in [0.1, 0.15) is 48.6 Å². The monoisotopic (exact) mass is 413 g/mol. The number of hydrogen-bond acceptors (Lipinski definition) is 3. The van der Waals surface area contributed by atoms with Gasteiger partial charge in [0.15, 0.2) is 11.6 Å². The van der Waals surface area contributed by atoms with Crippen LogP contribution >= 0.6 is 12.2 Å². The number of phenols is 1. The first-order valence-corrected chi connectivity index (χ1v) is 9.95. The van der Waals surface area contributed by atoms with Gasteiger partial charge in [0.1, 0.15) is 4.99 Å². The number of carboxylic acid groups (broad SMARTS) is 1. The van der Waals surface area contributed by atoms with Gasteiger partial charge in [-0.3, -0.25) is 4.79 Å². The highest BCUT2D eigenvalue weighted by Gasteiger charge is 2.32. The van der Waals surface area contributed by atoms with Gasteiger partial charge in [-0.05, 0) is 31.4 Å². The van der Waals surface area contributed by atoms with Crippen LogP contribution in [-0.4, -0.2) is 25.7 Å². The molecule has 0 saturated carbocycles. The molecule has 0 spiro atoms. The number of rotatable bonds is 5. The minimum atomic E-state index is -0.952. The molecule has 1 unspecified atom stereocenters. The Morgan fingerprint density at radius 2 is 1.83 bits per heavy atom. The second-order valence-electron chi connectivity index (χ2n) is 7.53. The van der Waals surface area contributed by atoms with Gasteiger partial charge in [0.25, 0.3) is 0 Å². The molecule has 0 aliphatic rings. The molecular formula is C23H24FNO3S. The number of benzene rings is 2. The van der Waals surface area contributed by atoms with E-state index in [-0.39, 0.29) is 5.92 Å². The number of carboxylic acids is 1. The molecule has 0 radical (unpaired) electrons. The van der Waals surface area contributed by atoms with Crippen LogP contribution in [0.3, 0.4) is 0 Å². The summed E-state index contributed by atoms with van der Waals surface area (Å²) in [6, 6.07) is 10.2. The standard InChI is InChI=1S/C23H24FNO3S/c1-5-13(3)20(23(27)28)21-14(4)25(18-11-17(24)19(26)10-16(18)21)22(29)15-8-6-12(2)7-9-15/h6-11,13,20,26H,5H2,1-4H3,(H,27,28)/t13-,20?/m1/s1. The molecule has 1 aromatic heterocycles. The average Bonchev–Trinajstić information content (AvgIpc) is 2.93. The predicted octanol–water partition coefficient (Wildman–Crippen LogP) is 5.54. The van der Waals surface area contributed by atoms with E-state index in [9.17, 15) is 19.4 Å². The minimum Gasteiger partial charge on any atom is -0.505 e. The zero-order chi connectivity index (χ0) is 21.5. The number of hydrogen-bond donors (Lipinski definition) is 2. The molecule has 0 aliphatic heterocycles. The van der Waals surface area contributed by atoms with Gasteiger partial charge in [0.05, 0.1) is 11.4 Å². The Morgan fingerprint density at radius 3 is 2.38 bits per heavy atom. The number of aliphatic carboxylic acids is 1. The third-order valence-electron chi connectivity index (χ3n) is 5.61. The molecule has 0 saturated heterocycles. The van der Waals surface area contributed by atoms with Crippen LogP contribution in [0.5, 0.6) is 5.75 Å². The van der Waals surface area contributed by atoms with Crippen molar-refractivity contribution >= 4 is 34.1 Å². The zero-order valence-corrected chi connectivity index (χ0v) is 17.7. The smallest absolute Gasteiger partial charge is 0.311 e. The number of fused-ring (bicyclic) bond motifs is 1. The maximum atomic E-state index is 14.2. The van der Waals surface area contributed by atoms with E-state index in [1.54, 1.807) is 11.5 Å². The quantitative estimate of drug-likeness (QED) is 0.539. The van der Waals surface area contributed by atoms with Crippen LogP contribution in [0.15, 0.2) is 36.4 Å². The Kier molecular flexibility index (Phi) is 5.75. The van der Waals surface area contributed by atoms with Gasteiger partial charge < -0.3 is 14.8 Å². The maximum Gasteiger partial charge on any atom is 0.311 e. The number of aromatic hydroxyl groups is 1. The van der Waals surface area contributed by atoms with Gasteiger partial charge in [-0.15, -0.1) is 0 Å². The number of thiocarbonyl (C=S) groups is 1. The highest BCUT2D eigenvalue weighted by molar-refractivity contribution is 7.80. The van der Waals surface area contributed by atoms with E-state index in [2.05, 4.69) is 0 Å². The lowest BCUT2D eigenvalue weighted by Crippen LogP contribution is -2.21. The van der Waals surface area contributed by atoms with Crippen LogP contribution in [-0.2, 0) is 4.79 Å². The molecule has 2 aromatic carbocycles. The van der Waals surface area contributed by atoms with Crippen LogP contribution in [0.2, 0.25) is 0 Å². The SMILES string of the molecule is CC[C@@H](C)C(C(=O)O)c1c(C)n(C(=S)c2ccc(C)cc2)c2cc(F)c(O)cc12. The fourth-order valence-corrected chi connectivity index (χ4v) is 4.19. The lowest BCUT2D eigenvalue weighted by atomic mass is 9.84. The van der Waals surface area contributed by atoms with E-state index in [0.717, 1.165) is 11.1 Å². The lowest BCUT2D eigenvalue weighted by Gasteiger charge is -2.20. The molecule has 0 aliphatic carbocycles. The average molecular weight is 414 g/mol. The Labute approximate surface area is 174 Å². The number of aryl methyl sites for hydroxylation is 1. The minimum absolute atomic E-state index is 0.148. The predicted molar refractivity (Wildman–Crippen MR) is 116 cm³/mol. The second-order valence-corrected chi connectivity index (χ2v) is 7.91. The summed E-state index contributed by atoms with van der Waals surface area (Å²) in [5.74, 6) is -3.18. The Bertz CT molecular complexity index is 1100. The van der Waals surface area contributed by atoms with Gasteiger partial charge in [-0.1, -0.05) is 62.3 Å². The first-order chi connectivity index (χ1) is 13.7. The lowest BCUT2D eigenvalue weighted by molar-refractivity contribution is -0.140. The molecule has 3 aromatic rings. The van der Waals surface area contributed by atoms with Crippen LogP contribution in [0, 0.1) is 25.6 Å². The topological polar surface area (TPSA) is 62.5 Å². The van der Waals surface area contributed by atoms with E-state index < -0.39 is 23.5 Å². The van der Waals surface area contributed by atoms with Crippen molar-refractivity contribution in [1.29, 1.82) is 0 Å². The molecule has 1 heterocycles. The normalized spacial score (nSPS) is 13.4. The van der Waals surface area contributed by atoms with E-state index in [1.165, 1.54) is 12.1 Å². The van der Waals surface area contributed by atoms with Crippen molar-refractivity contribution in [2.45, 2.75) is 40.0 Å². The van der Waals surface area contributed by atoms with E-state index in [1.807, 2.05) is 45.0 Å². The summed E-state index contributed by atoms with van der Waals surface area (Å²) in [5.41, 5.74) is 3.52. The summed E-state index contributed by atoms with van der Waals surface area (Å²) < 4.78 is 16.0. The molecule has 6 heteroatoms. The third-order valence-corrected chi connectivity index (χ3v) is 6.03. The highest BCUT2D eigenvalue weighted by Crippen LogP contribution is 2.39. The summed E-state index contributed by atoms with van der Waals surface area (Å²) in [6.45, 7) is 7.58. The molecule has 152 valence electrons. The van der Waals surface area contributed by atoms with Crippen LogP contribution in [0.25, 0.3) is 10.9 Å². The Hall–Kier alpha value is -2.73. The summed E-state index contributed by atoms with van der Waals surface area (Å²) in [5, 5.41) is 20.4. The maximum absolute atomic E-state index is 14.2. The van der Waals surface area contributed by atoms with Crippen molar-refractivity contribution in [1.82, 2.24) is 4.57 Å². The molecule has 2 atom stereocenters. The number of halogens is 1. The van der Waals surface area contributed by atoms with Crippen LogP contribution in [0.4, 0.5) is 4.39 Å². The van der Waals surface area contributed by atoms with Gasteiger partial charge in [0, 0.05) is 22.7 Å². The summed E-state index contributed by atoms with van der Waals surface area (Å²) in [6.07, 6.45) is 0.665. The summed E-state index contributed by atoms with van der Waals surface area (Å²) in [7, 11) is 0. The van der Waals surface area contributed by atoms with Crippen molar-refractivity contribution in [2.24, 2.45) is 5.92 Å². The Morgan fingerprint density at radius 1 is 1.21 bits per heavy atom. The molecular weight excluding hydrogens is 389 g/mol. The number of aromatic nitrogens is 1. The summed E-state index contributed by atoms with van der Waals surface area (Å²) in [4.78, 5) is 12.6. The Balaban J connectivity index is 2.35. The van der Waals surface area contributed by atoms with Crippen molar-refractivity contribution < 1.29 is 19.4 Å². The largest absolute Gasteiger partial charge is 0.505 e. The molecule has 0 bridgehead atoms. The molecule has 2 N–H and O–H groups in total. The number of nitrogens with zero attached hydrogens (tertiary/aromatic N) is 1. The van der Waals surface area contributed by atoms with E-state index in [0.29, 0.717) is 33.6 Å². The first-order valence-electron chi connectivity index (χ1n) is 9.54. The van der Waals surface area contributed by atoms with Crippen molar-refractivity contribution in [3.05, 3.63) is 64.6 Å². The van der Waals surface area contributed by atoms with Gasteiger partial charge in [-0.25, -0.2) is 4.39 Å². The van der Waals surface area contributed by atoms with Gasteiger partial charge in [0.2, 0.25) is 0 Å². The molecule has 0 fully saturated rings. The van der Waals surface area contributed by atoms with Crippen molar-refractivity contribution in [3.8, 4) is 5.75 Å². The fourth-order valence-electron chi connectivity index (χ4n) is 3.81. The van der Waals surface area contributed by atoms with Crippen molar-refractivity contribution in [2.75, 3.05) is 0 Å². The number of carbonyl (C=O) groups is 1. The van der Waals surface area contributed by atoms with E-state index in [4.69, 9.17) is 12.2 Å². The molecule has 4 nitrogen and oxygen atoms in total. The molecule has 0 amide bonds. The summed E-state index contributed by atoms with van der Waals surface area (Å²) >= 11 is 5.71. The fraction of sp³-hybridized carbons (Fsp3) is 0.304. The highest BCUT2D eigenvalue weighted by atomic mass is 32.1.